The number of amides is 1. The smallest absolute Gasteiger partial charge is 0.433 e. The molecule has 0 radical (unpaired) electrons. The number of anilines is 1. The van der Waals surface area contributed by atoms with E-state index in [9.17, 15) is 22.8 Å². The topological polar surface area (TPSA) is 114 Å². The monoisotopic (exact) mass is 444 g/mol. The molecule has 3 heterocycles. The lowest BCUT2D eigenvalue weighted by Crippen LogP contribution is -2.29. The first-order valence-electron chi connectivity index (χ1n) is 9.16. The van der Waals surface area contributed by atoms with Crippen molar-refractivity contribution in [1.82, 2.24) is 24.6 Å². The Morgan fingerprint density at radius 1 is 1.16 bits per heavy atom. The third-order valence-corrected chi connectivity index (χ3v) is 4.62. The molecule has 3 aromatic heterocycles. The molecule has 0 saturated carbocycles. The molecule has 0 bridgehead atoms. The number of aromatic amines is 1. The fraction of sp³-hybridized carbons (Fsp3) is 0.150. The Hall–Kier alpha value is -4.22. The number of aryl methyl sites for hydroxylation is 1. The number of halogens is 3. The van der Waals surface area contributed by atoms with Gasteiger partial charge in [0.1, 0.15) is 11.3 Å². The second-order valence-electron chi connectivity index (χ2n) is 6.63. The Kier molecular flexibility index (Phi) is 5.12. The zero-order valence-electron chi connectivity index (χ0n) is 16.7. The van der Waals surface area contributed by atoms with Crippen LogP contribution in [0, 0.1) is 6.92 Å². The van der Waals surface area contributed by atoms with Gasteiger partial charge in [-0.1, -0.05) is 30.3 Å². The highest BCUT2D eigenvalue weighted by atomic mass is 19.4. The van der Waals surface area contributed by atoms with Crippen molar-refractivity contribution >= 4 is 17.4 Å². The lowest BCUT2D eigenvalue weighted by molar-refractivity contribution is -0.140. The van der Waals surface area contributed by atoms with Crippen LogP contribution in [0.25, 0.3) is 16.8 Å². The van der Waals surface area contributed by atoms with E-state index in [0.29, 0.717) is 4.52 Å². The van der Waals surface area contributed by atoms with Gasteiger partial charge in [0.2, 0.25) is 0 Å². The highest BCUT2D eigenvalue weighted by molar-refractivity contribution is 6.05. The minimum Gasteiger partial charge on any atom is -0.478 e. The summed E-state index contributed by atoms with van der Waals surface area (Å²) < 4.78 is 46.9. The lowest BCUT2D eigenvalue weighted by Gasteiger charge is -2.09. The molecule has 0 saturated heterocycles. The number of benzene rings is 1. The molecule has 0 unspecified atom stereocenters. The molecule has 1 aromatic carbocycles. The molecule has 0 atom stereocenters. The number of hydrogen-bond acceptors (Lipinski definition) is 6. The molecular weight excluding hydrogens is 429 g/mol. The van der Waals surface area contributed by atoms with Gasteiger partial charge < -0.3 is 10.1 Å². The van der Waals surface area contributed by atoms with Crippen LogP contribution in [0.15, 0.2) is 47.5 Å². The van der Waals surface area contributed by atoms with Crippen molar-refractivity contribution in [3.05, 3.63) is 70.0 Å². The molecular formula is C20H15F3N6O3. The van der Waals surface area contributed by atoms with Gasteiger partial charge in [-0.2, -0.15) is 17.7 Å². The van der Waals surface area contributed by atoms with Gasteiger partial charge in [-0.25, -0.2) is 15.0 Å². The summed E-state index contributed by atoms with van der Waals surface area (Å²) >= 11 is 0. The summed E-state index contributed by atoms with van der Waals surface area (Å²) in [4.78, 5) is 37.8. The molecule has 1 amide bonds. The predicted molar refractivity (Wildman–Crippen MR) is 108 cm³/mol. The first kappa shape index (κ1) is 21.0. The molecule has 0 aliphatic rings. The molecule has 9 nitrogen and oxygen atoms in total. The number of ether oxygens (including phenoxy) is 1. The zero-order valence-corrected chi connectivity index (χ0v) is 16.7. The maximum absolute atomic E-state index is 13.8. The van der Waals surface area contributed by atoms with Gasteiger partial charge in [-0.15, -0.1) is 0 Å². The van der Waals surface area contributed by atoms with Crippen molar-refractivity contribution in [3.8, 4) is 17.0 Å². The zero-order chi connectivity index (χ0) is 23.0. The summed E-state index contributed by atoms with van der Waals surface area (Å²) in [7, 11) is 1.32. The van der Waals surface area contributed by atoms with E-state index in [-0.39, 0.29) is 34.2 Å². The SMILES string of the molecule is COc1nccnc1NC(=O)c1c(C)nc2c(-c3ccccc3)c(C(F)(F)F)[nH]n2c1=O. The van der Waals surface area contributed by atoms with E-state index < -0.39 is 28.9 Å². The Bertz CT molecular complexity index is 1380. The highest BCUT2D eigenvalue weighted by Crippen LogP contribution is 2.38. The van der Waals surface area contributed by atoms with Crippen LogP contribution in [0.1, 0.15) is 21.7 Å². The normalized spacial score (nSPS) is 11.5. The Balaban J connectivity index is 1.91. The first-order valence-corrected chi connectivity index (χ1v) is 9.16. The van der Waals surface area contributed by atoms with Crippen LogP contribution in [0.2, 0.25) is 0 Å². The van der Waals surface area contributed by atoms with Crippen molar-refractivity contribution in [3.63, 3.8) is 0 Å². The quantitative estimate of drug-likeness (QED) is 0.500. The number of rotatable bonds is 4. The maximum Gasteiger partial charge on any atom is 0.433 e. The third-order valence-electron chi connectivity index (χ3n) is 4.62. The fourth-order valence-corrected chi connectivity index (χ4v) is 3.25. The highest BCUT2D eigenvalue weighted by Gasteiger charge is 2.38. The minimum absolute atomic E-state index is 0.00163. The Labute approximate surface area is 177 Å². The summed E-state index contributed by atoms with van der Waals surface area (Å²) in [5.74, 6) is -0.979. The van der Waals surface area contributed by atoms with E-state index in [2.05, 4.69) is 25.4 Å². The van der Waals surface area contributed by atoms with E-state index in [0.717, 1.165) is 0 Å². The van der Waals surface area contributed by atoms with E-state index >= 15 is 0 Å². The van der Waals surface area contributed by atoms with Gasteiger partial charge in [0.15, 0.2) is 11.5 Å². The number of hydrogen-bond donors (Lipinski definition) is 2. The number of carbonyl (C=O) groups excluding carboxylic acids is 1. The average molecular weight is 444 g/mol. The number of nitrogens with one attached hydrogen (secondary N) is 2. The maximum atomic E-state index is 13.8. The number of carbonyl (C=O) groups is 1. The number of H-pyrrole nitrogens is 1. The summed E-state index contributed by atoms with van der Waals surface area (Å²) in [5.41, 5.74) is -2.99. The number of methoxy groups -OCH3 is 1. The lowest BCUT2D eigenvalue weighted by atomic mass is 10.1. The van der Waals surface area contributed by atoms with Gasteiger partial charge in [0, 0.05) is 12.4 Å². The molecule has 0 fully saturated rings. The van der Waals surface area contributed by atoms with Crippen molar-refractivity contribution < 1.29 is 22.7 Å². The van der Waals surface area contributed by atoms with Crippen LogP contribution in [0.5, 0.6) is 5.88 Å². The van der Waals surface area contributed by atoms with Crippen LogP contribution >= 0.6 is 0 Å². The second-order valence-corrected chi connectivity index (χ2v) is 6.63. The third kappa shape index (κ3) is 3.55. The van der Waals surface area contributed by atoms with Gasteiger partial charge in [0.25, 0.3) is 17.3 Å². The number of alkyl halides is 3. The van der Waals surface area contributed by atoms with Crippen molar-refractivity contribution in [2.75, 3.05) is 12.4 Å². The largest absolute Gasteiger partial charge is 0.478 e. The van der Waals surface area contributed by atoms with Gasteiger partial charge in [0.05, 0.1) is 18.4 Å². The van der Waals surface area contributed by atoms with Gasteiger partial charge in [-0.05, 0) is 12.5 Å². The molecule has 2 N–H and O–H groups in total. The fourth-order valence-electron chi connectivity index (χ4n) is 3.25. The molecule has 0 spiro atoms. The molecule has 4 aromatic rings. The average Bonchev–Trinajstić information content (AvgIpc) is 3.15. The van der Waals surface area contributed by atoms with Crippen LogP contribution < -0.4 is 15.6 Å². The molecule has 12 heteroatoms. The van der Waals surface area contributed by atoms with Crippen molar-refractivity contribution in [2.24, 2.45) is 0 Å². The summed E-state index contributed by atoms with van der Waals surface area (Å²) in [6.45, 7) is 1.36. The van der Waals surface area contributed by atoms with Crippen LogP contribution in [0.4, 0.5) is 19.0 Å². The Morgan fingerprint density at radius 3 is 2.50 bits per heavy atom. The molecule has 0 aliphatic heterocycles. The Morgan fingerprint density at radius 2 is 1.84 bits per heavy atom. The standard InChI is InChI=1S/C20H15F3N6O3/c1-10-12(17(30)27-15-18(32-2)25-9-8-24-15)19(31)29-16(26-10)13(11-6-4-3-5-7-11)14(28-29)20(21,22)23/h3-9,28H,1-2H3,(H,24,27,30). The first-order chi connectivity index (χ1) is 15.2. The number of aromatic nitrogens is 5. The summed E-state index contributed by atoms with van der Waals surface area (Å²) in [5, 5.41) is 4.44. The number of nitrogens with zero attached hydrogens (tertiary/aromatic N) is 4. The van der Waals surface area contributed by atoms with Crippen LogP contribution in [-0.2, 0) is 6.18 Å². The van der Waals surface area contributed by atoms with Gasteiger partial charge in [-0.3, -0.25) is 14.7 Å². The van der Waals surface area contributed by atoms with E-state index in [1.54, 1.807) is 18.2 Å². The molecule has 4 rings (SSSR count). The van der Waals surface area contributed by atoms with Crippen molar-refractivity contribution in [2.45, 2.75) is 13.1 Å². The minimum atomic E-state index is -4.80. The number of fused-ring (bicyclic) bond motifs is 1. The summed E-state index contributed by atoms with van der Waals surface area (Å²) in [6.07, 6.45) is -2.16. The van der Waals surface area contributed by atoms with Crippen molar-refractivity contribution in [1.29, 1.82) is 0 Å². The van der Waals surface area contributed by atoms with E-state index in [4.69, 9.17) is 4.74 Å². The molecule has 164 valence electrons. The van der Waals surface area contributed by atoms with Gasteiger partial charge >= 0.3 is 6.18 Å². The van der Waals surface area contributed by atoms with E-state index in [1.165, 1.54) is 38.6 Å². The van der Waals surface area contributed by atoms with Crippen LogP contribution in [0.3, 0.4) is 0 Å². The molecule has 0 aliphatic carbocycles. The van der Waals surface area contributed by atoms with Crippen LogP contribution in [-0.4, -0.2) is 37.6 Å². The summed E-state index contributed by atoms with van der Waals surface area (Å²) in [6, 6.07) is 7.74. The molecule has 32 heavy (non-hydrogen) atoms. The predicted octanol–water partition coefficient (Wildman–Crippen LogP) is 3.07. The second kappa shape index (κ2) is 7.80. The van der Waals surface area contributed by atoms with E-state index in [1.807, 2.05) is 0 Å².